The highest BCUT2D eigenvalue weighted by molar-refractivity contribution is 7.90. The topological polar surface area (TPSA) is 81.1 Å². The third-order valence-electron chi connectivity index (χ3n) is 4.60. The normalized spacial score (nSPS) is 22.2. The summed E-state index contributed by atoms with van der Waals surface area (Å²) in [6.45, 7) is 0.619. The molecule has 2 atom stereocenters. The van der Waals surface area contributed by atoms with Crippen molar-refractivity contribution in [3.8, 4) is 0 Å². The minimum atomic E-state index is -3.89. The molecule has 126 valence electrons. The van der Waals surface area contributed by atoms with E-state index in [0.717, 1.165) is 24.2 Å². The van der Waals surface area contributed by atoms with Crippen LogP contribution in [-0.2, 0) is 27.8 Å². The molecular weight excluding hydrogens is 350 g/mol. The van der Waals surface area contributed by atoms with Gasteiger partial charge in [-0.15, -0.1) is 0 Å². The van der Waals surface area contributed by atoms with Gasteiger partial charge in [-0.3, -0.25) is 4.79 Å². The van der Waals surface area contributed by atoms with Gasteiger partial charge in [-0.25, -0.2) is 9.71 Å². The van der Waals surface area contributed by atoms with Crippen LogP contribution < -0.4 is 4.72 Å². The van der Waals surface area contributed by atoms with Gasteiger partial charge in [-0.2, -0.15) is 8.42 Å². The zero-order valence-electron chi connectivity index (χ0n) is 12.8. The zero-order chi connectivity index (χ0) is 16.9. The number of sulfonamides is 1. The second kappa shape index (κ2) is 5.60. The molecule has 1 aliphatic heterocycles. The number of nitrogens with zero attached hydrogens (tertiary/aromatic N) is 2. The molecule has 2 heterocycles. The SMILES string of the molecule is O=C(NS(=O)(=O)c1cnc2n1CCC2)[C@@H]1C[C@H]1c1cccc(Cl)c1. The van der Waals surface area contributed by atoms with Crippen molar-refractivity contribution < 1.29 is 13.2 Å². The van der Waals surface area contributed by atoms with Gasteiger partial charge in [-0.05, 0) is 36.5 Å². The zero-order valence-corrected chi connectivity index (χ0v) is 14.3. The van der Waals surface area contributed by atoms with Gasteiger partial charge in [0.2, 0.25) is 5.91 Å². The van der Waals surface area contributed by atoms with Gasteiger partial charge in [0.1, 0.15) is 5.82 Å². The summed E-state index contributed by atoms with van der Waals surface area (Å²) in [5.74, 6) is -0.0196. The molecule has 24 heavy (non-hydrogen) atoms. The number of hydrogen-bond donors (Lipinski definition) is 1. The van der Waals surface area contributed by atoms with Crippen LogP contribution in [0.15, 0.2) is 35.5 Å². The predicted octanol–water partition coefficient (Wildman–Crippen LogP) is 2.09. The highest BCUT2D eigenvalue weighted by Gasteiger charge is 2.45. The first kappa shape index (κ1) is 15.7. The fourth-order valence-corrected chi connectivity index (χ4v) is 4.69. The van der Waals surface area contributed by atoms with Gasteiger partial charge in [-0.1, -0.05) is 23.7 Å². The minimum absolute atomic E-state index is 0.0232. The van der Waals surface area contributed by atoms with E-state index in [1.807, 2.05) is 18.2 Å². The van der Waals surface area contributed by atoms with Crippen LogP contribution in [0.3, 0.4) is 0 Å². The number of rotatable bonds is 4. The van der Waals surface area contributed by atoms with E-state index >= 15 is 0 Å². The number of amides is 1. The molecule has 1 N–H and O–H groups in total. The van der Waals surface area contributed by atoms with E-state index in [0.29, 0.717) is 18.0 Å². The van der Waals surface area contributed by atoms with Crippen LogP contribution in [0.4, 0.5) is 0 Å². The smallest absolute Gasteiger partial charge is 0.281 e. The lowest BCUT2D eigenvalue weighted by Crippen LogP contribution is -2.33. The molecule has 1 amide bonds. The Morgan fingerprint density at radius 3 is 3.00 bits per heavy atom. The van der Waals surface area contributed by atoms with Crippen molar-refractivity contribution in [1.82, 2.24) is 14.3 Å². The molecule has 1 aromatic carbocycles. The van der Waals surface area contributed by atoms with Crippen molar-refractivity contribution in [3.05, 3.63) is 46.9 Å². The first-order valence-corrected chi connectivity index (χ1v) is 9.68. The van der Waals surface area contributed by atoms with E-state index in [1.165, 1.54) is 6.20 Å². The summed E-state index contributed by atoms with van der Waals surface area (Å²) in [7, 11) is -3.89. The van der Waals surface area contributed by atoms with Gasteiger partial charge < -0.3 is 4.57 Å². The van der Waals surface area contributed by atoms with Crippen LogP contribution in [0.5, 0.6) is 0 Å². The standard InChI is InChI=1S/C16H16ClN3O3S/c17-11-4-1-3-10(7-11)12-8-13(12)16(21)19-24(22,23)15-9-18-14-5-2-6-20(14)15/h1,3-4,7,9,12-13H,2,5-6,8H2,(H,19,21)/t12-,13+/m0/s1. The van der Waals surface area contributed by atoms with Gasteiger partial charge >= 0.3 is 0 Å². The monoisotopic (exact) mass is 365 g/mol. The van der Waals surface area contributed by atoms with E-state index < -0.39 is 15.9 Å². The van der Waals surface area contributed by atoms with Crippen molar-refractivity contribution in [2.75, 3.05) is 0 Å². The second-order valence-electron chi connectivity index (χ2n) is 6.24. The third kappa shape index (κ3) is 2.71. The summed E-state index contributed by atoms with van der Waals surface area (Å²) in [5.41, 5.74) is 0.963. The van der Waals surface area contributed by atoms with Crippen LogP contribution in [0.1, 0.15) is 30.1 Å². The van der Waals surface area contributed by atoms with Gasteiger partial charge in [0.05, 0.1) is 6.20 Å². The number of carbonyl (C=O) groups is 1. The van der Waals surface area contributed by atoms with Crippen LogP contribution in [-0.4, -0.2) is 23.9 Å². The molecule has 2 aromatic rings. The Morgan fingerprint density at radius 1 is 1.38 bits per heavy atom. The Kier molecular flexibility index (Phi) is 3.65. The number of benzene rings is 1. The van der Waals surface area contributed by atoms with E-state index in [1.54, 1.807) is 10.6 Å². The Balaban J connectivity index is 1.48. The minimum Gasteiger partial charge on any atom is -0.318 e. The fourth-order valence-electron chi connectivity index (χ4n) is 3.30. The summed E-state index contributed by atoms with van der Waals surface area (Å²) in [6.07, 6.45) is 3.60. The maximum absolute atomic E-state index is 12.5. The van der Waals surface area contributed by atoms with Crippen LogP contribution in [0.25, 0.3) is 0 Å². The molecule has 1 aliphatic carbocycles. The maximum atomic E-state index is 12.5. The van der Waals surface area contributed by atoms with Gasteiger partial charge in [0, 0.05) is 23.9 Å². The number of aryl methyl sites for hydroxylation is 1. The lowest BCUT2D eigenvalue weighted by atomic mass is 10.1. The highest BCUT2D eigenvalue weighted by atomic mass is 35.5. The summed E-state index contributed by atoms with van der Waals surface area (Å²) >= 11 is 5.97. The predicted molar refractivity (Wildman–Crippen MR) is 88.2 cm³/mol. The first-order valence-electron chi connectivity index (χ1n) is 7.82. The number of halogens is 1. The molecule has 1 fully saturated rings. The van der Waals surface area contributed by atoms with E-state index in [4.69, 9.17) is 11.6 Å². The lowest BCUT2D eigenvalue weighted by Gasteiger charge is -2.08. The van der Waals surface area contributed by atoms with Crippen molar-refractivity contribution >= 4 is 27.5 Å². The van der Waals surface area contributed by atoms with E-state index in [9.17, 15) is 13.2 Å². The molecule has 1 aromatic heterocycles. The number of aromatic nitrogens is 2. The molecule has 6 nitrogen and oxygen atoms in total. The van der Waals surface area contributed by atoms with Crippen molar-refractivity contribution in [3.63, 3.8) is 0 Å². The number of hydrogen-bond acceptors (Lipinski definition) is 4. The summed E-state index contributed by atoms with van der Waals surface area (Å²) in [6, 6.07) is 7.32. The average molecular weight is 366 g/mol. The van der Waals surface area contributed by atoms with Crippen LogP contribution >= 0.6 is 11.6 Å². The number of nitrogens with one attached hydrogen (secondary N) is 1. The number of imidazole rings is 1. The largest absolute Gasteiger partial charge is 0.318 e. The van der Waals surface area contributed by atoms with Crippen LogP contribution in [0.2, 0.25) is 5.02 Å². The van der Waals surface area contributed by atoms with E-state index in [-0.39, 0.29) is 16.9 Å². The third-order valence-corrected chi connectivity index (χ3v) is 6.18. The molecule has 0 unspecified atom stereocenters. The number of carbonyl (C=O) groups excluding carboxylic acids is 1. The average Bonchev–Trinajstić information content (AvgIpc) is 3.01. The van der Waals surface area contributed by atoms with E-state index in [2.05, 4.69) is 9.71 Å². The Labute approximate surface area is 144 Å². The molecule has 8 heteroatoms. The second-order valence-corrected chi connectivity index (χ2v) is 8.31. The summed E-state index contributed by atoms with van der Waals surface area (Å²) in [5, 5.41) is 0.685. The van der Waals surface area contributed by atoms with Crippen LogP contribution in [0, 0.1) is 5.92 Å². The molecule has 0 spiro atoms. The summed E-state index contributed by atoms with van der Waals surface area (Å²) < 4.78 is 28.8. The van der Waals surface area contributed by atoms with Crippen molar-refractivity contribution in [2.24, 2.45) is 5.92 Å². The molecule has 0 radical (unpaired) electrons. The molecule has 2 aliphatic rings. The molecule has 4 rings (SSSR count). The Bertz CT molecular complexity index is 922. The Morgan fingerprint density at radius 2 is 2.21 bits per heavy atom. The quantitative estimate of drug-likeness (QED) is 0.899. The molecule has 0 bridgehead atoms. The van der Waals surface area contributed by atoms with Gasteiger partial charge in [0.25, 0.3) is 10.0 Å². The lowest BCUT2D eigenvalue weighted by molar-refractivity contribution is -0.120. The first-order chi connectivity index (χ1) is 11.5. The molecular formula is C16H16ClN3O3S. The van der Waals surface area contributed by atoms with Crippen molar-refractivity contribution in [1.29, 1.82) is 0 Å². The molecule has 1 saturated carbocycles. The number of fused-ring (bicyclic) bond motifs is 1. The fraction of sp³-hybridized carbons (Fsp3) is 0.375. The highest BCUT2D eigenvalue weighted by Crippen LogP contribution is 2.48. The Hall–Kier alpha value is -1.86. The molecule has 0 saturated heterocycles. The summed E-state index contributed by atoms with van der Waals surface area (Å²) in [4.78, 5) is 16.5. The maximum Gasteiger partial charge on any atom is 0.281 e. The van der Waals surface area contributed by atoms with Crippen molar-refractivity contribution in [2.45, 2.75) is 36.8 Å². The van der Waals surface area contributed by atoms with Gasteiger partial charge in [0.15, 0.2) is 5.03 Å².